The fourth-order valence-electron chi connectivity index (χ4n) is 2.76. The van der Waals surface area contributed by atoms with Gasteiger partial charge in [-0.05, 0) is 23.3 Å². The molecule has 0 atom stereocenters. The van der Waals surface area contributed by atoms with Gasteiger partial charge >= 0.3 is 0 Å². The molecule has 6 nitrogen and oxygen atoms in total. The van der Waals surface area contributed by atoms with Crippen molar-refractivity contribution in [2.45, 2.75) is 13.3 Å². The predicted octanol–water partition coefficient (Wildman–Crippen LogP) is 3.27. The molecular formula is C20H18N4O2. The lowest BCUT2D eigenvalue weighted by molar-refractivity contribution is -0.115. The molecule has 0 unspecified atom stereocenters. The van der Waals surface area contributed by atoms with Crippen LogP contribution in [0.4, 0.5) is 11.5 Å². The molecule has 0 bridgehead atoms. The van der Waals surface area contributed by atoms with Gasteiger partial charge in [-0.25, -0.2) is 0 Å². The van der Waals surface area contributed by atoms with Crippen LogP contribution in [0.15, 0.2) is 48.5 Å². The van der Waals surface area contributed by atoms with Gasteiger partial charge in [0.25, 0.3) is 0 Å². The molecule has 0 aliphatic heterocycles. The molecule has 1 aromatic heterocycles. The second-order valence-electron chi connectivity index (χ2n) is 5.68. The van der Waals surface area contributed by atoms with Crippen LogP contribution in [0.1, 0.15) is 18.1 Å². The van der Waals surface area contributed by atoms with Crippen molar-refractivity contribution in [1.82, 2.24) is 4.98 Å². The molecule has 1 heterocycles. The maximum absolute atomic E-state index is 12.5. The van der Waals surface area contributed by atoms with Gasteiger partial charge in [-0.2, -0.15) is 10.2 Å². The third kappa shape index (κ3) is 3.57. The Balaban J connectivity index is 1.83. The van der Waals surface area contributed by atoms with Gasteiger partial charge in [0.1, 0.15) is 17.5 Å². The fourth-order valence-corrected chi connectivity index (χ4v) is 2.76. The summed E-state index contributed by atoms with van der Waals surface area (Å²) in [5.74, 6) is 0.158. The zero-order valence-corrected chi connectivity index (χ0v) is 14.3. The number of amides is 1. The third-order valence-electron chi connectivity index (χ3n) is 3.91. The number of anilines is 2. The number of hydrogen-bond donors (Lipinski definition) is 2. The zero-order chi connectivity index (χ0) is 18.5. The molecule has 3 rings (SSSR count). The van der Waals surface area contributed by atoms with Gasteiger partial charge in [0.15, 0.2) is 0 Å². The first-order valence-corrected chi connectivity index (χ1v) is 8.22. The van der Waals surface area contributed by atoms with Crippen molar-refractivity contribution < 1.29 is 9.53 Å². The smallest absolute Gasteiger partial charge is 0.235 e. The summed E-state index contributed by atoms with van der Waals surface area (Å²) < 4.78 is 5.34. The van der Waals surface area contributed by atoms with E-state index in [4.69, 9.17) is 15.7 Å². The van der Waals surface area contributed by atoms with E-state index in [-0.39, 0.29) is 35.3 Å². The molecule has 0 spiro atoms. The highest BCUT2D eigenvalue weighted by Crippen LogP contribution is 2.25. The van der Waals surface area contributed by atoms with Crippen molar-refractivity contribution in [2.24, 2.45) is 0 Å². The van der Waals surface area contributed by atoms with Crippen LogP contribution in [0, 0.1) is 11.3 Å². The summed E-state index contributed by atoms with van der Waals surface area (Å²) in [6.45, 7) is 2.12. The van der Waals surface area contributed by atoms with Crippen molar-refractivity contribution >= 4 is 28.2 Å². The van der Waals surface area contributed by atoms with Crippen LogP contribution >= 0.6 is 0 Å². The van der Waals surface area contributed by atoms with E-state index in [2.05, 4.69) is 10.3 Å². The number of nitrogen functional groups attached to an aromatic ring is 1. The van der Waals surface area contributed by atoms with Crippen molar-refractivity contribution in [3.63, 3.8) is 0 Å². The number of nitrogens with two attached hydrogens (primary N) is 1. The van der Waals surface area contributed by atoms with Crippen molar-refractivity contribution in [1.29, 1.82) is 5.26 Å². The van der Waals surface area contributed by atoms with E-state index in [1.807, 2.05) is 48.5 Å². The summed E-state index contributed by atoms with van der Waals surface area (Å²) >= 11 is 0. The van der Waals surface area contributed by atoms with Gasteiger partial charge in [-0.15, -0.1) is 0 Å². The summed E-state index contributed by atoms with van der Waals surface area (Å²) in [6, 6.07) is 17.2. The molecule has 3 aromatic rings. The maximum atomic E-state index is 12.5. The molecule has 0 radical (unpaired) electrons. The van der Waals surface area contributed by atoms with Gasteiger partial charge in [-0.3, -0.25) is 4.79 Å². The standard InChI is InChI=1S/C20H18N4O2/c1-2-26-20-16(12-21)17(22)11-18(24-20)23-19(25)10-14-8-5-7-13-6-3-4-9-15(13)14/h3-9,11H,2,10H2,1H3,(H3,22,23,24,25). The van der Waals surface area contributed by atoms with Crippen molar-refractivity contribution in [2.75, 3.05) is 17.7 Å². The van der Waals surface area contributed by atoms with Crippen LogP contribution in [-0.2, 0) is 11.2 Å². The number of ether oxygens (including phenoxy) is 1. The second-order valence-corrected chi connectivity index (χ2v) is 5.68. The number of rotatable bonds is 5. The van der Waals surface area contributed by atoms with Crippen LogP contribution in [-0.4, -0.2) is 17.5 Å². The molecular weight excluding hydrogens is 328 g/mol. The number of hydrogen-bond acceptors (Lipinski definition) is 5. The highest BCUT2D eigenvalue weighted by Gasteiger charge is 2.14. The Morgan fingerprint density at radius 2 is 2.04 bits per heavy atom. The number of nitrogens with zero attached hydrogens (tertiary/aromatic N) is 2. The first kappa shape index (κ1) is 17.2. The molecule has 26 heavy (non-hydrogen) atoms. The largest absolute Gasteiger partial charge is 0.477 e. The number of benzene rings is 2. The van der Waals surface area contributed by atoms with Crippen molar-refractivity contribution in [3.05, 3.63) is 59.7 Å². The summed E-state index contributed by atoms with van der Waals surface area (Å²) in [6.07, 6.45) is 0.201. The summed E-state index contributed by atoms with van der Waals surface area (Å²) in [5.41, 5.74) is 7.18. The van der Waals surface area contributed by atoms with E-state index in [1.165, 1.54) is 6.07 Å². The monoisotopic (exact) mass is 346 g/mol. The van der Waals surface area contributed by atoms with Crippen LogP contribution < -0.4 is 15.8 Å². The number of aromatic nitrogens is 1. The Bertz CT molecular complexity index is 1000. The summed E-state index contributed by atoms with van der Waals surface area (Å²) in [5, 5.41) is 14.0. The lowest BCUT2D eigenvalue weighted by Crippen LogP contribution is -2.16. The van der Waals surface area contributed by atoms with Gasteiger partial charge in [0.2, 0.25) is 11.8 Å². The number of nitriles is 1. The summed E-state index contributed by atoms with van der Waals surface area (Å²) in [4.78, 5) is 16.6. The first-order valence-electron chi connectivity index (χ1n) is 8.22. The van der Waals surface area contributed by atoms with Gasteiger partial charge in [-0.1, -0.05) is 42.5 Å². The van der Waals surface area contributed by atoms with E-state index in [9.17, 15) is 4.79 Å². The number of pyridine rings is 1. The van der Waals surface area contributed by atoms with E-state index in [0.29, 0.717) is 6.61 Å². The van der Waals surface area contributed by atoms with Crippen LogP contribution in [0.5, 0.6) is 5.88 Å². The zero-order valence-electron chi connectivity index (χ0n) is 14.3. The lowest BCUT2D eigenvalue weighted by atomic mass is 10.0. The normalized spacial score (nSPS) is 10.3. The van der Waals surface area contributed by atoms with Gasteiger partial charge < -0.3 is 15.8 Å². The Kier molecular flexibility index (Phi) is 4.99. The van der Waals surface area contributed by atoms with Gasteiger partial charge in [0.05, 0.1) is 18.7 Å². The number of carbonyl (C=O) groups excluding carboxylic acids is 1. The van der Waals surface area contributed by atoms with Crippen molar-refractivity contribution in [3.8, 4) is 11.9 Å². The minimum Gasteiger partial charge on any atom is -0.477 e. The predicted molar refractivity (Wildman–Crippen MR) is 101 cm³/mol. The van der Waals surface area contributed by atoms with Crippen LogP contribution in [0.25, 0.3) is 10.8 Å². The Morgan fingerprint density at radius 3 is 2.81 bits per heavy atom. The second kappa shape index (κ2) is 7.53. The quantitative estimate of drug-likeness (QED) is 0.738. The number of fused-ring (bicyclic) bond motifs is 1. The van der Waals surface area contributed by atoms with Gasteiger partial charge in [0, 0.05) is 6.07 Å². The average Bonchev–Trinajstić information content (AvgIpc) is 2.62. The minimum atomic E-state index is -0.222. The van der Waals surface area contributed by atoms with E-state index in [0.717, 1.165) is 16.3 Å². The highest BCUT2D eigenvalue weighted by molar-refractivity contribution is 5.96. The molecule has 2 aromatic carbocycles. The van der Waals surface area contributed by atoms with E-state index in [1.54, 1.807) is 6.92 Å². The maximum Gasteiger partial charge on any atom is 0.235 e. The molecule has 0 fully saturated rings. The molecule has 0 aliphatic carbocycles. The minimum absolute atomic E-state index is 0.121. The molecule has 130 valence electrons. The summed E-state index contributed by atoms with van der Waals surface area (Å²) in [7, 11) is 0. The Morgan fingerprint density at radius 1 is 1.27 bits per heavy atom. The molecule has 3 N–H and O–H groups in total. The Hall–Kier alpha value is -3.59. The van der Waals surface area contributed by atoms with E-state index < -0.39 is 0 Å². The van der Waals surface area contributed by atoms with E-state index >= 15 is 0 Å². The molecule has 6 heteroatoms. The molecule has 0 saturated carbocycles. The number of nitrogens with one attached hydrogen (secondary N) is 1. The van der Waals surface area contributed by atoms with Crippen LogP contribution in [0.2, 0.25) is 0 Å². The molecule has 0 saturated heterocycles. The molecule has 1 amide bonds. The third-order valence-corrected chi connectivity index (χ3v) is 3.91. The highest BCUT2D eigenvalue weighted by atomic mass is 16.5. The number of carbonyl (C=O) groups is 1. The first-order chi connectivity index (χ1) is 12.6. The average molecular weight is 346 g/mol. The fraction of sp³-hybridized carbons (Fsp3) is 0.150. The lowest BCUT2D eigenvalue weighted by Gasteiger charge is -2.11. The Labute approximate surface area is 151 Å². The van der Waals surface area contributed by atoms with Crippen LogP contribution in [0.3, 0.4) is 0 Å². The molecule has 0 aliphatic rings. The SMILES string of the molecule is CCOc1nc(NC(=O)Cc2cccc3ccccc23)cc(N)c1C#N. The topological polar surface area (TPSA) is 101 Å².